The Hall–Kier alpha value is -1.71. The standard InChI is InChI=1S/C15H12Cl2O3/c1-9-6-11(15(18)19)3-5-14(9)20-8-10-2-4-12(16)13(17)7-10/h2-7H,8H2,1H3,(H,18,19). The second kappa shape index (κ2) is 6.16. The summed E-state index contributed by atoms with van der Waals surface area (Å²) in [5, 5.41) is 9.87. The van der Waals surface area contributed by atoms with E-state index < -0.39 is 5.97 Å². The number of hydrogen-bond donors (Lipinski definition) is 1. The fraction of sp³-hybridized carbons (Fsp3) is 0.133. The number of carboxylic acid groups (broad SMARTS) is 1. The number of carbonyl (C=O) groups is 1. The van der Waals surface area contributed by atoms with Gasteiger partial charge in [-0.3, -0.25) is 0 Å². The summed E-state index contributed by atoms with van der Waals surface area (Å²) in [4.78, 5) is 10.8. The van der Waals surface area contributed by atoms with Crippen LogP contribution < -0.4 is 4.74 Å². The summed E-state index contributed by atoms with van der Waals surface area (Å²) in [5.41, 5.74) is 1.90. The number of hydrogen-bond acceptors (Lipinski definition) is 2. The van der Waals surface area contributed by atoms with Crippen molar-refractivity contribution in [3.63, 3.8) is 0 Å². The Kier molecular flexibility index (Phi) is 4.53. The Morgan fingerprint density at radius 3 is 2.50 bits per heavy atom. The molecule has 0 fully saturated rings. The van der Waals surface area contributed by atoms with Crippen molar-refractivity contribution in [3.05, 3.63) is 63.1 Å². The Balaban J connectivity index is 2.10. The highest BCUT2D eigenvalue weighted by molar-refractivity contribution is 6.42. The van der Waals surface area contributed by atoms with Crippen molar-refractivity contribution >= 4 is 29.2 Å². The summed E-state index contributed by atoms with van der Waals surface area (Å²) in [6.07, 6.45) is 0. The summed E-state index contributed by atoms with van der Waals surface area (Å²) in [6, 6.07) is 10.0. The van der Waals surface area contributed by atoms with Crippen molar-refractivity contribution in [1.29, 1.82) is 0 Å². The molecule has 5 heteroatoms. The van der Waals surface area contributed by atoms with Crippen LogP contribution in [0.25, 0.3) is 0 Å². The molecule has 0 saturated heterocycles. The number of aromatic carboxylic acids is 1. The lowest BCUT2D eigenvalue weighted by atomic mass is 10.1. The van der Waals surface area contributed by atoms with E-state index in [0.717, 1.165) is 11.1 Å². The maximum absolute atomic E-state index is 10.8. The molecule has 0 aliphatic rings. The van der Waals surface area contributed by atoms with Gasteiger partial charge in [-0.2, -0.15) is 0 Å². The number of halogens is 2. The van der Waals surface area contributed by atoms with Crippen molar-refractivity contribution in [2.45, 2.75) is 13.5 Å². The highest BCUT2D eigenvalue weighted by Crippen LogP contribution is 2.24. The first-order valence-corrected chi connectivity index (χ1v) is 6.63. The highest BCUT2D eigenvalue weighted by Gasteiger charge is 2.07. The Bertz CT molecular complexity index is 654. The zero-order chi connectivity index (χ0) is 14.7. The molecule has 3 nitrogen and oxygen atoms in total. The molecule has 2 aromatic rings. The quantitative estimate of drug-likeness (QED) is 0.899. The molecule has 0 heterocycles. The summed E-state index contributed by atoms with van der Waals surface area (Å²) in [6.45, 7) is 2.14. The third kappa shape index (κ3) is 3.44. The molecule has 0 aliphatic heterocycles. The van der Waals surface area contributed by atoms with Crippen LogP contribution >= 0.6 is 23.2 Å². The normalized spacial score (nSPS) is 10.3. The smallest absolute Gasteiger partial charge is 0.335 e. The van der Waals surface area contributed by atoms with Gasteiger partial charge < -0.3 is 9.84 Å². The Labute approximate surface area is 126 Å². The third-order valence-electron chi connectivity index (χ3n) is 2.80. The van der Waals surface area contributed by atoms with Crippen LogP contribution in [0.3, 0.4) is 0 Å². The molecule has 104 valence electrons. The van der Waals surface area contributed by atoms with Crippen molar-refractivity contribution in [2.24, 2.45) is 0 Å². The van der Waals surface area contributed by atoms with Gasteiger partial charge in [0.15, 0.2) is 0 Å². The zero-order valence-corrected chi connectivity index (χ0v) is 12.2. The van der Waals surface area contributed by atoms with E-state index in [2.05, 4.69) is 0 Å². The van der Waals surface area contributed by atoms with Crippen LogP contribution in [0.5, 0.6) is 5.75 Å². The molecule has 0 radical (unpaired) electrons. The van der Waals surface area contributed by atoms with Crippen LogP contribution in [0.4, 0.5) is 0 Å². The molecule has 0 amide bonds. The minimum Gasteiger partial charge on any atom is -0.489 e. The van der Waals surface area contributed by atoms with Gasteiger partial charge in [-0.25, -0.2) is 4.79 Å². The zero-order valence-electron chi connectivity index (χ0n) is 10.7. The summed E-state index contributed by atoms with van der Waals surface area (Å²) >= 11 is 11.8. The second-order valence-electron chi connectivity index (χ2n) is 4.32. The largest absolute Gasteiger partial charge is 0.489 e. The molecule has 1 N–H and O–H groups in total. The first-order chi connectivity index (χ1) is 9.47. The first kappa shape index (κ1) is 14.7. The predicted octanol–water partition coefficient (Wildman–Crippen LogP) is 4.58. The Morgan fingerprint density at radius 2 is 1.90 bits per heavy atom. The minimum absolute atomic E-state index is 0.240. The van der Waals surface area contributed by atoms with Crippen LogP contribution in [0.15, 0.2) is 36.4 Å². The Morgan fingerprint density at radius 1 is 1.15 bits per heavy atom. The molecule has 2 rings (SSSR count). The van der Waals surface area contributed by atoms with Gasteiger partial charge in [-0.1, -0.05) is 29.3 Å². The maximum Gasteiger partial charge on any atom is 0.335 e. The number of carboxylic acids is 1. The molecule has 2 aromatic carbocycles. The fourth-order valence-electron chi connectivity index (χ4n) is 1.73. The molecule has 20 heavy (non-hydrogen) atoms. The average Bonchev–Trinajstić information content (AvgIpc) is 2.41. The SMILES string of the molecule is Cc1cc(C(=O)O)ccc1OCc1ccc(Cl)c(Cl)c1. The lowest BCUT2D eigenvalue weighted by Gasteiger charge is -2.10. The molecule has 0 aromatic heterocycles. The summed E-state index contributed by atoms with van der Waals surface area (Å²) in [7, 11) is 0. The van der Waals surface area contributed by atoms with Crippen molar-refractivity contribution in [3.8, 4) is 5.75 Å². The first-order valence-electron chi connectivity index (χ1n) is 5.88. The maximum atomic E-state index is 10.8. The van der Waals surface area contributed by atoms with Crippen molar-refractivity contribution in [2.75, 3.05) is 0 Å². The van der Waals surface area contributed by atoms with E-state index in [-0.39, 0.29) is 5.56 Å². The molecular formula is C15H12Cl2O3. The number of rotatable bonds is 4. The van der Waals surface area contributed by atoms with E-state index in [4.69, 9.17) is 33.0 Å². The van der Waals surface area contributed by atoms with Gasteiger partial charge in [-0.15, -0.1) is 0 Å². The van der Waals surface area contributed by atoms with E-state index in [1.165, 1.54) is 6.07 Å². The average molecular weight is 311 g/mol. The molecular weight excluding hydrogens is 299 g/mol. The van der Waals surface area contributed by atoms with Gasteiger partial charge in [0.25, 0.3) is 0 Å². The molecule has 0 atom stereocenters. The highest BCUT2D eigenvalue weighted by atomic mass is 35.5. The van der Waals surface area contributed by atoms with Gasteiger partial charge in [0.1, 0.15) is 12.4 Å². The van der Waals surface area contributed by atoms with E-state index in [1.807, 2.05) is 6.07 Å². The monoisotopic (exact) mass is 310 g/mol. The fourth-order valence-corrected chi connectivity index (χ4v) is 2.06. The van der Waals surface area contributed by atoms with Gasteiger partial charge in [0.2, 0.25) is 0 Å². The van der Waals surface area contributed by atoms with Gasteiger partial charge in [0.05, 0.1) is 15.6 Å². The molecule has 0 bridgehead atoms. The topological polar surface area (TPSA) is 46.5 Å². The van der Waals surface area contributed by atoms with E-state index in [1.54, 1.807) is 31.2 Å². The molecule has 0 unspecified atom stereocenters. The van der Waals surface area contributed by atoms with Crippen LogP contribution in [-0.4, -0.2) is 11.1 Å². The molecule has 0 aliphatic carbocycles. The number of aryl methyl sites for hydroxylation is 1. The lowest BCUT2D eigenvalue weighted by molar-refractivity contribution is 0.0696. The number of ether oxygens (including phenoxy) is 1. The lowest BCUT2D eigenvalue weighted by Crippen LogP contribution is -2.00. The number of benzene rings is 2. The van der Waals surface area contributed by atoms with E-state index in [0.29, 0.717) is 22.4 Å². The molecule has 0 spiro atoms. The van der Waals surface area contributed by atoms with Gasteiger partial charge in [-0.05, 0) is 48.4 Å². The molecule has 0 saturated carbocycles. The van der Waals surface area contributed by atoms with Crippen LogP contribution in [0.2, 0.25) is 10.0 Å². The predicted molar refractivity (Wildman–Crippen MR) is 78.9 cm³/mol. The summed E-state index contributed by atoms with van der Waals surface area (Å²) < 4.78 is 5.66. The summed E-state index contributed by atoms with van der Waals surface area (Å²) in [5.74, 6) is -0.315. The van der Waals surface area contributed by atoms with Gasteiger partial charge >= 0.3 is 5.97 Å². The van der Waals surface area contributed by atoms with Crippen molar-refractivity contribution in [1.82, 2.24) is 0 Å². The second-order valence-corrected chi connectivity index (χ2v) is 5.14. The van der Waals surface area contributed by atoms with Crippen molar-refractivity contribution < 1.29 is 14.6 Å². The van der Waals surface area contributed by atoms with Crippen LogP contribution in [0, 0.1) is 6.92 Å². The van der Waals surface area contributed by atoms with E-state index >= 15 is 0 Å². The van der Waals surface area contributed by atoms with Crippen LogP contribution in [-0.2, 0) is 6.61 Å². The van der Waals surface area contributed by atoms with Crippen LogP contribution in [0.1, 0.15) is 21.5 Å². The third-order valence-corrected chi connectivity index (χ3v) is 3.54. The van der Waals surface area contributed by atoms with E-state index in [9.17, 15) is 4.79 Å². The van der Waals surface area contributed by atoms with Gasteiger partial charge in [0, 0.05) is 0 Å². The minimum atomic E-state index is -0.955.